The number of hydrogen-bond acceptors (Lipinski definition) is 7. The highest BCUT2D eigenvalue weighted by Gasteiger charge is 2.28. The van der Waals surface area contributed by atoms with E-state index in [0.717, 1.165) is 28.7 Å². The van der Waals surface area contributed by atoms with Crippen molar-refractivity contribution in [3.8, 4) is 11.1 Å². The van der Waals surface area contributed by atoms with Gasteiger partial charge in [-0.25, -0.2) is 4.79 Å². The van der Waals surface area contributed by atoms with Gasteiger partial charge >= 0.3 is 11.9 Å². The molecule has 29 heavy (non-hydrogen) atoms. The van der Waals surface area contributed by atoms with Crippen LogP contribution in [0.25, 0.3) is 11.1 Å². The molecular formula is C21H23NO6S. The summed E-state index contributed by atoms with van der Waals surface area (Å²) in [5, 5.41) is 31.4. The first kappa shape index (κ1) is 21.3. The van der Waals surface area contributed by atoms with Gasteiger partial charge in [0.05, 0.1) is 0 Å². The van der Waals surface area contributed by atoms with Crippen LogP contribution in [0.4, 0.5) is 0 Å². The second-order valence-electron chi connectivity index (χ2n) is 6.88. The average Bonchev–Trinajstić information content (AvgIpc) is 3.10. The fourth-order valence-corrected chi connectivity index (χ4v) is 3.64. The van der Waals surface area contributed by atoms with Gasteiger partial charge in [0.15, 0.2) is 6.10 Å². The molecule has 0 amide bonds. The largest absolute Gasteiger partial charge is 0.480 e. The van der Waals surface area contributed by atoms with Crippen LogP contribution in [-0.4, -0.2) is 57.8 Å². The summed E-state index contributed by atoms with van der Waals surface area (Å²) in [5.41, 5.74) is 5.39. The third kappa shape index (κ3) is 4.79. The molecule has 0 heterocycles. The summed E-state index contributed by atoms with van der Waals surface area (Å²) in [6, 6.07) is 12.9. The highest BCUT2D eigenvalue weighted by molar-refractivity contribution is 7.80. The number of esters is 1. The van der Waals surface area contributed by atoms with Gasteiger partial charge < -0.3 is 25.4 Å². The van der Waals surface area contributed by atoms with Gasteiger partial charge in [0, 0.05) is 12.3 Å². The Morgan fingerprint density at radius 3 is 2.55 bits per heavy atom. The Hall–Kier alpha value is -2.39. The minimum absolute atomic E-state index is 0.00407. The lowest BCUT2D eigenvalue weighted by Gasteiger charge is -2.19. The van der Waals surface area contributed by atoms with Crippen molar-refractivity contribution in [1.29, 1.82) is 0 Å². The normalized spacial score (nSPS) is 15.1. The van der Waals surface area contributed by atoms with E-state index in [0.29, 0.717) is 0 Å². The van der Waals surface area contributed by atoms with Crippen molar-refractivity contribution in [3.05, 3.63) is 59.2 Å². The second-order valence-corrected chi connectivity index (χ2v) is 7.24. The van der Waals surface area contributed by atoms with Crippen molar-refractivity contribution in [3.63, 3.8) is 0 Å². The predicted octanol–water partition coefficient (Wildman–Crippen LogP) is 0.995. The maximum absolute atomic E-state index is 12.1. The second kappa shape index (κ2) is 9.41. The van der Waals surface area contributed by atoms with E-state index in [1.54, 1.807) is 0 Å². The standard InChI is InChI=1S/C21H23NO6S/c23-18(9-22-17(11-29)20(25)26)19(24)21(27)28-10-13-5-3-7-15-14-6-2-1-4-12(14)8-16(13)15/h1-7,17-19,22-24,29H,8-11H2,(H,25,26)/t17-,18?,19?/m0/s1. The number of rotatable bonds is 9. The maximum atomic E-state index is 12.1. The van der Waals surface area contributed by atoms with E-state index in [-0.39, 0.29) is 18.9 Å². The highest BCUT2D eigenvalue weighted by Crippen LogP contribution is 2.38. The Kier molecular flexibility index (Phi) is 6.92. The van der Waals surface area contributed by atoms with E-state index in [4.69, 9.17) is 9.84 Å². The van der Waals surface area contributed by atoms with Gasteiger partial charge in [-0.3, -0.25) is 4.79 Å². The van der Waals surface area contributed by atoms with Crippen LogP contribution in [0, 0.1) is 0 Å². The number of carbonyl (C=O) groups is 2. The van der Waals surface area contributed by atoms with Crippen molar-refractivity contribution in [2.24, 2.45) is 0 Å². The monoisotopic (exact) mass is 417 g/mol. The van der Waals surface area contributed by atoms with Crippen LogP contribution < -0.4 is 5.32 Å². The van der Waals surface area contributed by atoms with Gasteiger partial charge in [-0.05, 0) is 34.2 Å². The molecule has 2 aromatic carbocycles. The van der Waals surface area contributed by atoms with Crippen LogP contribution in [0.1, 0.15) is 16.7 Å². The molecule has 0 saturated heterocycles. The first-order valence-corrected chi connectivity index (χ1v) is 9.84. The quantitative estimate of drug-likeness (QED) is 0.260. The number of carboxylic acid groups (broad SMARTS) is 1. The Bertz CT molecular complexity index is 902. The summed E-state index contributed by atoms with van der Waals surface area (Å²) >= 11 is 3.90. The smallest absolute Gasteiger partial charge is 0.338 e. The van der Waals surface area contributed by atoms with Crippen LogP contribution in [0.3, 0.4) is 0 Å². The Morgan fingerprint density at radius 1 is 1.10 bits per heavy atom. The van der Waals surface area contributed by atoms with Gasteiger partial charge in [-0.15, -0.1) is 0 Å². The molecule has 1 aliphatic rings. The highest BCUT2D eigenvalue weighted by atomic mass is 32.1. The molecule has 0 radical (unpaired) electrons. The summed E-state index contributed by atoms with van der Waals surface area (Å²) < 4.78 is 5.21. The molecule has 0 aromatic heterocycles. The Morgan fingerprint density at radius 2 is 1.83 bits per heavy atom. The molecular weight excluding hydrogens is 394 g/mol. The number of thiol groups is 1. The minimum Gasteiger partial charge on any atom is -0.480 e. The lowest BCUT2D eigenvalue weighted by Crippen LogP contribution is -2.47. The van der Waals surface area contributed by atoms with Crippen LogP contribution in [0.15, 0.2) is 42.5 Å². The number of fused-ring (bicyclic) bond motifs is 3. The first-order chi connectivity index (χ1) is 13.9. The molecule has 3 atom stereocenters. The van der Waals surface area contributed by atoms with Crippen LogP contribution in [0.2, 0.25) is 0 Å². The third-order valence-corrected chi connectivity index (χ3v) is 5.34. The minimum atomic E-state index is -1.79. The van der Waals surface area contributed by atoms with Crippen LogP contribution >= 0.6 is 12.6 Å². The average molecular weight is 417 g/mol. The summed E-state index contributed by atoms with van der Waals surface area (Å²) in [7, 11) is 0. The van der Waals surface area contributed by atoms with E-state index in [1.165, 1.54) is 5.56 Å². The fourth-order valence-electron chi connectivity index (χ4n) is 3.35. The van der Waals surface area contributed by atoms with Crippen LogP contribution in [0.5, 0.6) is 0 Å². The maximum Gasteiger partial charge on any atom is 0.338 e. The number of nitrogens with one attached hydrogen (secondary N) is 1. The first-order valence-electron chi connectivity index (χ1n) is 9.21. The molecule has 8 heteroatoms. The molecule has 0 saturated carbocycles. The number of ether oxygens (including phenoxy) is 1. The van der Waals surface area contributed by atoms with E-state index in [9.17, 15) is 19.8 Å². The molecule has 1 aliphatic carbocycles. The summed E-state index contributed by atoms with van der Waals surface area (Å²) in [4.78, 5) is 23.1. The van der Waals surface area contributed by atoms with Crippen molar-refractivity contribution < 1.29 is 29.6 Å². The SMILES string of the molecule is O=C(OCc1cccc2c1Cc1ccccc1-2)C(O)C(O)CN[C@@H](CS)C(=O)O. The number of carbonyl (C=O) groups excluding carboxylic acids is 1. The number of aliphatic carboxylic acids is 1. The lowest BCUT2D eigenvalue weighted by atomic mass is 10.0. The van der Waals surface area contributed by atoms with E-state index >= 15 is 0 Å². The molecule has 2 aromatic rings. The van der Waals surface area contributed by atoms with E-state index < -0.39 is 30.2 Å². The molecule has 154 valence electrons. The van der Waals surface area contributed by atoms with Gasteiger partial charge in [0.25, 0.3) is 0 Å². The third-order valence-electron chi connectivity index (χ3n) is 4.98. The van der Waals surface area contributed by atoms with Crippen LogP contribution in [-0.2, 0) is 27.4 Å². The number of aliphatic hydroxyl groups is 2. The fraction of sp³-hybridized carbons (Fsp3) is 0.333. The Balaban J connectivity index is 1.58. The zero-order valence-corrected chi connectivity index (χ0v) is 16.5. The summed E-state index contributed by atoms with van der Waals surface area (Å²) in [6.07, 6.45) is -2.55. The van der Waals surface area contributed by atoms with Gasteiger partial charge in [0.1, 0.15) is 18.8 Å². The predicted molar refractivity (Wildman–Crippen MR) is 110 cm³/mol. The Labute approximate surface area is 173 Å². The number of aliphatic hydroxyl groups excluding tert-OH is 2. The molecule has 0 spiro atoms. The van der Waals surface area contributed by atoms with Crippen molar-refractivity contribution in [2.75, 3.05) is 12.3 Å². The molecule has 3 rings (SSSR count). The molecule has 0 aliphatic heterocycles. The lowest BCUT2D eigenvalue weighted by molar-refractivity contribution is -0.160. The summed E-state index contributed by atoms with van der Waals surface area (Å²) in [5.74, 6) is -2.10. The summed E-state index contributed by atoms with van der Waals surface area (Å²) in [6.45, 7) is -0.314. The van der Waals surface area contributed by atoms with Gasteiger partial charge in [-0.2, -0.15) is 12.6 Å². The van der Waals surface area contributed by atoms with Crippen molar-refractivity contribution in [2.45, 2.75) is 31.3 Å². The topological polar surface area (TPSA) is 116 Å². The van der Waals surface area contributed by atoms with E-state index in [1.807, 2.05) is 30.3 Å². The number of carboxylic acids is 1. The molecule has 7 nitrogen and oxygen atoms in total. The zero-order valence-electron chi connectivity index (χ0n) is 15.6. The van der Waals surface area contributed by atoms with E-state index in [2.05, 4.69) is 30.1 Å². The van der Waals surface area contributed by atoms with Gasteiger partial charge in [-0.1, -0.05) is 42.5 Å². The van der Waals surface area contributed by atoms with Gasteiger partial charge in [0.2, 0.25) is 0 Å². The number of hydrogen-bond donors (Lipinski definition) is 5. The molecule has 0 bridgehead atoms. The molecule has 0 fully saturated rings. The zero-order chi connectivity index (χ0) is 21.0. The number of benzene rings is 2. The molecule has 4 N–H and O–H groups in total. The van der Waals surface area contributed by atoms with Crippen molar-refractivity contribution in [1.82, 2.24) is 5.32 Å². The van der Waals surface area contributed by atoms with Crippen molar-refractivity contribution >= 4 is 24.6 Å². The molecule has 2 unspecified atom stereocenters.